The number of hydrazine groups is 1. The van der Waals surface area contributed by atoms with Crippen LogP contribution in [0.1, 0.15) is 5.69 Å². The van der Waals surface area contributed by atoms with Gasteiger partial charge in [0.05, 0.1) is 10.2 Å². The highest BCUT2D eigenvalue weighted by atomic mass is 79.9. The molecule has 0 aliphatic carbocycles. The van der Waals surface area contributed by atoms with E-state index in [1.807, 2.05) is 5.48 Å². The maximum Gasteiger partial charge on any atom is 0.330 e. The van der Waals surface area contributed by atoms with Crippen molar-refractivity contribution in [3.05, 3.63) is 34.2 Å². The van der Waals surface area contributed by atoms with Gasteiger partial charge in [-0.1, -0.05) is 11.8 Å². The molecule has 1 unspecified atom stereocenters. The minimum atomic E-state index is -0.434. The van der Waals surface area contributed by atoms with Gasteiger partial charge in [0.1, 0.15) is 12.0 Å². The summed E-state index contributed by atoms with van der Waals surface area (Å²) in [6, 6.07) is 3.78. The Morgan fingerprint density at radius 1 is 1.52 bits per heavy atom. The highest BCUT2D eigenvalue weighted by Crippen LogP contribution is 2.24. The van der Waals surface area contributed by atoms with E-state index < -0.39 is 5.82 Å². The third kappa shape index (κ3) is 4.25. The Hall–Kier alpha value is -2.22. The van der Waals surface area contributed by atoms with Crippen LogP contribution in [0.15, 0.2) is 37.3 Å². The molecule has 1 aromatic heterocycles. The zero-order chi connectivity index (χ0) is 17.8. The van der Waals surface area contributed by atoms with Crippen LogP contribution in [0.4, 0.5) is 14.9 Å². The van der Waals surface area contributed by atoms with Crippen molar-refractivity contribution in [3.8, 4) is 0 Å². The summed E-state index contributed by atoms with van der Waals surface area (Å²) in [5.41, 5.74) is 7.62. The number of hydrogen-bond acceptors (Lipinski definition) is 8. The van der Waals surface area contributed by atoms with E-state index in [9.17, 15) is 14.4 Å². The average molecular weight is 432 g/mol. The molecule has 0 saturated carbocycles. The Bertz CT molecular complexity index is 818. The number of hydrogen-bond donors (Lipinski definition) is 5. The average Bonchev–Trinajstić information content (AvgIpc) is 3.22. The summed E-state index contributed by atoms with van der Waals surface area (Å²) >= 11 is 4.29. The van der Waals surface area contributed by atoms with Crippen LogP contribution in [0, 0.1) is 5.82 Å². The molecule has 3 rings (SSSR count). The molecule has 2 aromatic rings. The summed E-state index contributed by atoms with van der Waals surface area (Å²) in [5, 5.41) is 19.8. The molecule has 5 N–H and O–H groups in total. The zero-order valence-electron chi connectivity index (χ0n) is 12.3. The van der Waals surface area contributed by atoms with Crippen molar-refractivity contribution in [1.82, 2.24) is 32.0 Å². The first kappa shape index (κ1) is 17.6. The van der Waals surface area contributed by atoms with E-state index in [4.69, 9.17) is 4.63 Å². The lowest BCUT2D eigenvalue weighted by molar-refractivity contribution is 0.234. The van der Waals surface area contributed by atoms with Gasteiger partial charge in [0, 0.05) is 5.75 Å². The highest BCUT2D eigenvalue weighted by Gasteiger charge is 2.22. The van der Waals surface area contributed by atoms with E-state index in [0.717, 1.165) is 0 Å². The van der Waals surface area contributed by atoms with E-state index in [1.165, 1.54) is 30.0 Å². The Balaban J connectivity index is 1.77. The van der Waals surface area contributed by atoms with Gasteiger partial charge in [-0.25, -0.2) is 24.2 Å². The van der Waals surface area contributed by atoms with Crippen molar-refractivity contribution in [2.75, 3.05) is 5.75 Å². The quantitative estimate of drug-likeness (QED) is 0.206. The third-order valence-corrected chi connectivity index (χ3v) is 4.63. The van der Waals surface area contributed by atoms with Crippen molar-refractivity contribution in [2.45, 2.75) is 11.2 Å². The number of carbonyl (C=O) groups is 1. The Labute approximate surface area is 152 Å². The molecule has 1 atom stereocenters. The van der Waals surface area contributed by atoms with Crippen molar-refractivity contribution in [1.29, 1.82) is 0 Å². The molecule has 1 aliphatic rings. The van der Waals surface area contributed by atoms with Gasteiger partial charge in [-0.3, -0.25) is 16.1 Å². The van der Waals surface area contributed by atoms with E-state index in [0.29, 0.717) is 16.5 Å². The van der Waals surface area contributed by atoms with Gasteiger partial charge in [0.15, 0.2) is 16.6 Å². The van der Waals surface area contributed by atoms with Crippen LogP contribution in [0.25, 0.3) is 0 Å². The third-order valence-electron chi connectivity index (χ3n) is 2.98. The van der Waals surface area contributed by atoms with Gasteiger partial charge in [0.25, 0.3) is 0 Å². The lowest BCUT2D eigenvalue weighted by Gasteiger charge is -2.07. The first-order chi connectivity index (χ1) is 12.1. The number of nitrogens with zero attached hydrogens (tertiary/aromatic N) is 3. The lowest BCUT2D eigenvalue weighted by Crippen LogP contribution is -2.35. The second-order valence-corrected chi connectivity index (χ2v) is 6.56. The lowest BCUT2D eigenvalue weighted by atomic mass is 10.3. The van der Waals surface area contributed by atoms with E-state index in [1.54, 1.807) is 0 Å². The standard InChI is InChI=1S/C12H11BrFN7O3S/c13-6-3-5(1-2-7(6)14)15-10(19-23)9-11(21-24-20-9)25-4-8-16-12(22)18-17-8/h1-3,8,17,23H,4H2,(H,15,19)(H2,16,18,22). The molecule has 0 bridgehead atoms. The molecule has 1 fully saturated rings. The number of aliphatic imine (C=N–C) groups is 1. The number of aromatic nitrogens is 2. The summed E-state index contributed by atoms with van der Waals surface area (Å²) in [5.74, 6) is -0.0406. The van der Waals surface area contributed by atoms with Gasteiger partial charge in [-0.15, -0.1) is 0 Å². The number of nitrogens with one attached hydrogen (secondary N) is 4. The number of halogens is 2. The molecule has 2 heterocycles. The van der Waals surface area contributed by atoms with Crippen LogP contribution in [0.3, 0.4) is 0 Å². The molecule has 1 aliphatic heterocycles. The SMILES string of the molecule is O=C1NNC(CSc2nonc2C(=Nc2ccc(F)c(Br)c2)NO)N1. The number of carbonyl (C=O) groups excluding carboxylic acids is 1. The summed E-state index contributed by atoms with van der Waals surface area (Å²) in [6.45, 7) is 0. The number of hydroxylamine groups is 1. The molecule has 25 heavy (non-hydrogen) atoms. The topological polar surface area (TPSA) is 137 Å². The monoisotopic (exact) mass is 431 g/mol. The predicted molar refractivity (Wildman–Crippen MR) is 88.8 cm³/mol. The van der Waals surface area contributed by atoms with Gasteiger partial charge in [-0.05, 0) is 44.4 Å². The predicted octanol–water partition coefficient (Wildman–Crippen LogP) is 1.26. The summed E-state index contributed by atoms with van der Waals surface area (Å²) in [6.07, 6.45) is -0.308. The molecule has 13 heteroatoms. The maximum absolute atomic E-state index is 13.3. The number of urea groups is 1. The largest absolute Gasteiger partial charge is 0.330 e. The van der Waals surface area contributed by atoms with Gasteiger partial charge in [0.2, 0.25) is 0 Å². The summed E-state index contributed by atoms with van der Waals surface area (Å²) in [7, 11) is 0. The van der Waals surface area contributed by atoms with Crippen molar-refractivity contribution in [3.63, 3.8) is 0 Å². The van der Waals surface area contributed by atoms with Crippen LogP contribution in [0.5, 0.6) is 0 Å². The molecule has 1 aromatic carbocycles. The zero-order valence-corrected chi connectivity index (χ0v) is 14.7. The Morgan fingerprint density at radius 3 is 3.04 bits per heavy atom. The second kappa shape index (κ2) is 7.77. The van der Waals surface area contributed by atoms with Crippen LogP contribution < -0.4 is 21.6 Å². The number of amides is 2. The fourth-order valence-corrected chi connectivity index (χ4v) is 3.08. The number of rotatable bonds is 5. The minimum Gasteiger partial charge on any atom is -0.319 e. The Kier molecular flexibility index (Phi) is 5.47. The molecule has 0 spiro atoms. The van der Waals surface area contributed by atoms with Crippen LogP contribution in [-0.2, 0) is 0 Å². The first-order valence-corrected chi connectivity index (χ1v) is 8.56. The first-order valence-electron chi connectivity index (χ1n) is 6.78. The molecule has 10 nitrogen and oxygen atoms in total. The molecule has 2 amide bonds. The van der Waals surface area contributed by atoms with E-state index in [2.05, 4.69) is 47.4 Å². The van der Waals surface area contributed by atoms with Crippen molar-refractivity contribution >= 4 is 45.2 Å². The minimum absolute atomic E-state index is 0.0243. The van der Waals surface area contributed by atoms with E-state index >= 15 is 0 Å². The maximum atomic E-state index is 13.3. The van der Waals surface area contributed by atoms with E-state index in [-0.39, 0.29) is 28.2 Å². The van der Waals surface area contributed by atoms with Gasteiger partial charge in [-0.2, -0.15) is 0 Å². The number of amidine groups is 1. The van der Waals surface area contributed by atoms with Crippen LogP contribution in [0.2, 0.25) is 0 Å². The highest BCUT2D eigenvalue weighted by molar-refractivity contribution is 9.10. The number of benzene rings is 1. The second-order valence-electron chi connectivity index (χ2n) is 4.69. The van der Waals surface area contributed by atoms with Crippen LogP contribution >= 0.6 is 27.7 Å². The molecule has 1 saturated heterocycles. The normalized spacial score (nSPS) is 17.3. The molecule has 132 valence electrons. The van der Waals surface area contributed by atoms with Gasteiger partial charge >= 0.3 is 6.03 Å². The smallest absolute Gasteiger partial charge is 0.319 e. The molecular formula is C12H11BrFN7O3S. The fourth-order valence-electron chi connectivity index (χ4n) is 1.86. The van der Waals surface area contributed by atoms with Crippen molar-refractivity contribution in [2.24, 2.45) is 4.99 Å². The molecule has 0 radical (unpaired) electrons. The van der Waals surface area contributed by atoms with Gasteiger partial charge < -0.3 is 5.32 Å². The number of thioether (sulfide) groups is 1. The Morgan fingerprint density at radius 2 is 2.36 bits per heavy atom. The summed E-state index contributed by atoms with van der Waals surface area (Å²) < 4.78 is 18.2. The van der Waals surface area contributed by atoms with Crippen LogP contribution in [-0.4, -0.2) is 39.3 Å². The van der Waals surface area contributed by atoms with Crippen molar-refractivity contribution < 1.29 is 19.0 Å². The molecular weight excluding hydrogens is 421 g/mol. The summed E-state index contributed by atoms with van der Waals surface area (Å²) in [4.78, 5) is 15.2. The fraction of sp³-hybridized carbons (Fsp3) is 0.167.